The number of aliphatic hydroxyl groups excluding tert-OH is 1. The summed E-state index contributed by atoms with van der Waals surface area (Å²) in [5.41, 5.74) is 6.07. The van der Waals surface area contributed by atoms with Crippen LogP contribution in [0.4, 0.5) is 0 Å². The van der Waals surface area contributed by atoms with Crippen molar-refractivity contribution in [3.8, 4) is 11.1 Å². The molecule has 6 rings (SSSR count). The molecule has 0 aromatic heterocycles. The van der Waals surface area contributed by atoms with Crippen molar-refractivity contribution in [1.29, 1.82) is 0 Å². The summed E-state index contributed by atoms with van der Waals surface area (Å²) in [7, 11) is 0. The molecule has 2 heterocycles. The van der Waals surface area contributed by atoms with Gasteiger partial charge in [0.05, 0.1) is 24.4 Å². The van der Waals surface area contributed by atoms with Crippen LogP contribution in [0.25, 0.3) is 11.1 Å². The summed E-state index contributed by atoms with van der Waals surface area (Å²) in [5.74, 6) is 0.0103. The maximum Gasteiger partial charge on any atom is 0.217 e. The number of hydrogen-bond acceptors (Lipinski definition) is 6. The van der Waals surface area contributed by atoms with Crippen molar-refractivity contribution in [3.63, 3.8) is 0 Å². The van der Waals surface area contributed by atoms with E-state index in [9.17, 15) is 15.0 Å². The van der Waals surface area contributed by atoms with Crippen LogP contribution in [0.1, 0.15) is 66.9 Å². The minimum atomic E-state index is -0.867. The summed E-state index contributed by atoms with van der Waals surface area (Å²) in [6, 6.07) is 31.9. The van der Waals surface area contributed by atoms with Crippen LogP contribution in [0.2, 0.25) is 5.02 Å². The Morgan fingerprint density at radius 2 is 1.57 bits per heavy atom. The number of carbonyl (C=O) groups excluding carboxylic acids is 1. The fourth-order valence-corrected chi connectivity index (χ4v) is 6.78. The van der Waals surface area contributed by atoms with Crippen LogP contribution in [0.15, 0.2) is 97.1 Å². The van der Waals surface area contributed by atoms with Crippen LogP contribution in [0.5, 0.6) is 0 Å². The van der Waals surface area contributed by atoms with E-state index < -0.39 is 11.9 Å². The van der Waals surface area contributed by atoms with Crippen molar-refractivity contribution < 1.29 is 24.5 Å². The van der Waals surface area contributed by atoms with Gasteiger partial charge in [0.1, 0.15) is 0 Å². The smallest absolute Gasteiger partial charge is 0.217 e. The molecule has 4 atom stereocenters. The van der Waals surface area contributed by atoms with Crippen molar-refractivity contribution in [2.45, 2.75) is 63.9 Å². The van der Waals surface area contributed by atoms with E-state index in [1.165, 1.54) is 6.92 Å². The number of benzene rings is 4. The molecule has 4 unspecified atom stereocenters. The second kappa shape index (κ2) is 14.7. The fourth-order valence-electron chi connectivity index (χ4n) is 6.66. The van der Waals surface area contributed by atoms with Gasteiger partial charge in [-0.15, -0.1) is 0 Å². The van der Waals surface area contributed by atoms with Crippen LogP contribution in [-0.2, 0) is 33.0 Å². The number of likely N-dealkylation sites (tertiary alicyclic amines) is 1. The van der Waals surface area contributed by atoms with E-state index in [4.69, 9.17) is 21.1 Å². The van der Waals surface area contributed by atoms with Gasteiger partial charge in [0, 0.05) is 49.6 Å². The number of nitrogens with one attached hydrogen (secondary N) is 1. The Hall–Kier alpha value is -3.56. The molecule has 4 aromatic rings. The summed E-state index contributed by atoms with van der Waals surface area (Å²) >= 11 is 6.09. The molecule has 8 heteroatoms. The maximum absolute atomic E-state index is 11.4. The predicted molar refractivity (Wildman–Crippen MR) is 183 cm³/mol. The molecular formula is C39H43ClN2O5. The summed E-state index contributed by atoms with van der Waals surface area (Å²) < 4.78 is 13.4. The van der Waals surface area contributed by atoms with Gasteiger partial charge in [0.2, 0.25) is 5.91 Å². The second-order valence-corrected chi connectivity index (χ2v) is 13.3. The molecule has 0 radical (unpaired) electrons. The molecule has 0 spiro atoms. The molecule has 7 nitrogen and oxygen atoms in total. The lowest BCUT2D eigenvalue weighted by Crippen LogP contribution is -2.49. The fraction of sp³-hybridized carbons (Fsp3) is 0.359. The van der Waals surface area contributed by atoms with Crippen LogP contribution >= 0.6 is 11.6 Å². The van der Waals surface area contributed by atoms with Crippen LogP contribution < -0.4 is 5.32 Å². The lowest BCUT2D eigenvalue weighted by Gasteiger charge is -2.45. The van der Waals surface area contributed by atoms with Gasteiger partial charge in [0.15, 0.2) is 6.29 Å². The molecule has 47 heavy (non-hydrogen) atoms. The van der Waals surface area contributed by atoms with Crippen LogP contribution in [0.3, 0.4) is 0 Å². The van der Waals surface area contributed by atoms with Crippen LogP contribution in [0, 0.1) is 5.92 Å². The summed E-state index contributed by atoms with van der Waals surface area (Å²) in [4.78, 5) is 13.8. The molecule has 1 amide bonds. The number of amides is 1. The first-order valence-electron chi connectivity index (χ1n) is 16.4. The third-order valence-electron chi connectivity index (χ3n) is 9.61. The van der Waals surface area contributed by atoms with Crippen LogP contribution in [-0.4, -0.2) is 46.8 Å². The summed E-state index contributed by atoms with van der Waals surface area (Å²) in [6.45, 7) is 6.41. The number of ether oxygens (including phenoxy) is 2. The monoisotopic (exact) mass is 654 g/mol. The van der Waals surface area contributed by atoms with E-state index in [-0.39, 0.29) is 30.6 Å². The van der Waals surface area contributed by atoms with Crippen molar-refractivity contribution in [1.82, 2.24) is 10.2 Å². The molecule has 246 valence electrons. The Bertz CT molecular complexity index is 1640. The third-order valence-corrected chi connectivity index (χ3v) is 9.86. The average Bonchev–Trinajstić information content (AvgIpc) is 3.10. The summed E-state index contributed by atoms with van der Waals surface area (Å²) in [6.07, 6.45) is 0.398. The van der Waals surface area contributed by atoms with Gasteiger partial charge in [0.25, 0.3) is 0 Å². The SMILES string of the molecule is CC(=O)NCc1cccc(-c2ccc(C3OC(CN4CCC(O)(c5ccc(Cl)cc5)CC4)C(C)C(c4ccc(CO)cc4)O3)cc2)c1. The Labute approximate surface area is 282 Å². The minimum absolute atomic E-state index is 0.00442. The Morgan fingerprint density at radius 3 is 2.23 bits per heavy atom. The highest BCUT2D eigenvalue weighted by Gasteiger charge is 2.41. The molecule has 2 saturated heterocycles. The number of hydrogen-bond donors (Lipinski definition) is 3. The molecule has 3 N–H and O–H groups in total. The number of halogens is 1. The molecule has 0 aliphatic carbocycles. The first-order valence-corrected chi connectivity index (χ1v) is 16.7. The highest BCUT2D eigenvalue weighted by Crippen LogP contribution is 2.43. The average molecular weight is 655 g/mol. The molecule has 0 bridgehead atoms. The second-order valence-electron chi connectivity index (χ2n) is 12.9. The lowest BCUT2D eigenvalue weighted by atomic mass is 9.84. The molecule has 2 aliphatic heterocycles. The maximum atomic E-state index is 11.4. The zero-order chi connectivity index (χ0) is 33.0. The van der Waals surface area contributed by atoms with Gasteiger partial charge >= 0.3 is 0 Å². The Balaban J connectivity index is 1.19. The van der Waals surface area contributed by atoms with Gasteiger partial charge in [-0.1, -0.05) is 97.4 Å². The molecular weight excluding hydrogens is 612 g/mol. The van der Waals surface area contributed by atoms with Gasteiger partial charge in [-0.3, -0.25) is 4.79 Å². The minimum Gasteiger partial charge on any atom is -0.392 e. The highest BCUT2D eigenvalue weighted by atomic mass is 35.5. The van der Waals surface area contributed by atoms with Crippen molar-refractivity contribution >= 4 is 17.5 Å². The number of carbonyl (C=O) groups is 1. The van der Waals surface area contributed by atoms with E-state index in [1.54, 1.807) is 0 Å². The van der Waals surface area contributed by atoms with E-state index >= 15 is 0 Å². The standard InChI is InChI=1S/C39H43ClN2O5/c1-26-36(24-42-20-18-39(45,19-21-42)34-14-16-35(40)17-15-34)46-38(47-37(26)31-8-6-28(25-43)7-9-31)32-12-10-30(11-13-32)33-5-3-4-29(22-33)23-41-27(2)44/h3-17,22,26,36-38,43,45H,18-21,23-25H2,1-2H3,(H,41,44). The van der Waals surface area contributed by atoms with Gasteiger partial charge in [-0.05, 0) is 64.4 Å². The number of aliphatic hydroxyl groups is 2. The number of rotatable bonds is 9. The van der Waals surface area contributed by atoms with E-state index in [1.807, 2.05) is 60.7 Å². The van der Waals surface area contributed by atoms with E-state index in [0.29, 0.717) is 24.4 Å². The Kier molecular flexibility index (Phi) is 10.4. The Morgan fingerprint density at radius 1 is 0.894 bits per heavy atom. The number of piperidine rings is 1. The molecule has 0 saturated carbocycles. The van der Waals surface area contributed by atoms with Crippen molar-refractivity contribution in [2.24, 2.45) is 5.92 Å². The van der Waals surface area contributed by atoms with Crippen molar-refractivity contribution in [2.75, 3.05) is 19.6 Å². The lowest BCUT2D eigenvalue weighted by molar-refractivity contribution is -0.277. The third kappa shape index (κ3) is 7.95. The zero-order valence-electron chi connectivity index (χ0n) is 26.9. The van der Waals surface area contributed by atoms with Crippen molar-refractivity contribution in [3.05, 3.63) is 130 Å². The quantitative estimate of drug-likeness (QED) is 0.182. The first kappa shape index (κ1) is 33.3. The highest BCUT2D eigenvalue weighted by molar-refractivity contribution is 6.30. The molecule has 2 fully saturated rings. The largest absolute Gasteiger partial charge is 0.392 e. The topological polar surface area (TPSA) is 91.3 Å². The van der Waals surface area contributed by atoms with E-state index in [0.717, 1.165) is 58.6 Å². The number of nitrogens with zero attached hydrogens (tertiary/aromatic N) is 1. The molecule has 4 aromatic carbocycles. The zero-order valence-corrected chi connectivity index (χ0v) is 27.7. The van der Waals surface area contributed by atoms with Gasteiger partial charge in [-0.25, -0.2) is 0 Å². The van der Waals surface area contributed by atoms with Gasteiger partial charge < -0.3 is 29.9 Å². The van der Waals surface area contributed by atoms with Gasteiger partial charge in [-0.2, -0.15) is 0 Å². The first-order chi connectivity index (χ1) is 22.7. The summed E-state index contributed by atoms with van der Waals surface area (Å²) in [5, 5.41) is 24.6. The van der Waals surface area contributed by atoms with E-state index in [2.05, 4.69) is 53.5 Å². The normalized spacial score (nSPS) is 22.9. The molecule has 2 aliphatic rings. The predicted octanol–water partition coefficient (Wildman–Crippen LogP) is 6.91.